The number of guanidine groups is 1. The van der Waals surface area contributed by atoms with Gasteiger partial charge in [-0.2, -0.15) is 4.98 Å². The molecule has 0 amide bonds. The highest BCUT2D eigenvalue weighted by atomic mass is 127. The molecule has 2 fully saturated rings. The van der Waals surface area contributed by atoms with Gasteiger partial charge in [-0.15, -0.1) is 24.0 Å². The quantitative estimate of drug-likeness (QED) is 0.292. The molecule has 1 heterocycles. The number of hydrogen-bond acceptors (Lipinski definition) is 6. The molecular formula is C20H36IN5O3. The van der Waals surface area contributed by atoms with Crippen LogP contribution in [0.15, 0.2) is 9.52 Å². The first-order chi connectivity index (χ1) is 13.6. The standard InChI is InChI=1S/C20H35N5O3.HI/c1-5-21-19(22-13-17-24-18(25-28-17)14(4)26-6-2)23-15-12-16(27-7-3)20(15)10-8-9-11-20;/h14-16H,5-13H2,1-4H3,(H2,21,22,23);1H. The number of nitrogens with zero attached hydrogens (tertiary/aromatic N) is 3. The van der Waals surface area contributed by atoms with Crippen molar-refractivity contribution in [2.24, 2.45) is 10.4 Å². The number of aromatic nitrogens is 2. The molecule has 0 aliphatic heterocycles. The molecule has 2 N–H and O–H groups in total. The first kappa shape index (κ1) is 24.3. The fraction of sp³-hybridized carbons (Fsp3) is 0.850. The van der Waals surface area contributed by atoms with Crippen molar-refractivity contribution in [2.45, 2.75) is 84.6 Å². The summed E-state index contributed by atoms with van der Waals surface area (Å²) in [6.07, 6.45) is 6.28. The van der Waals surface area contributed by atoms with Crippen LogP contribution in [-0.4, -0.2) is 48.0 Å². The van der Waals surface area contributed by atoms with Crippen molar-refractivity contribution in [3.05, 3.63) is 11.7 Å². The third kappa shape index (κ3) is 5.61. The van der Waals surface area contributed by atoms with Crippen LogP contribution in [0, 0.1) is 5.41 Å². The molecular weight excluding hydrogens is 485 g/mol. The van der Waals surface area contributed by atoms with Crippen LogP contribution in [0.2, 0.25) is 0 Å². The molecule has 3 unspecified atom stereocenters. The average molecular weight is 521 g/mol. The number of rotatable bonds is 9. The minimum Gasteiger partial charge on any atom is -0.378 e. The van der Waals surface area contributed by atoms with E-state index in [2.05, 4.69) is 39.6 Å². The predicted octanol–water partition coefficient (Wildman–Crippen LogP) is 3.58. The molecule has 0 aromatic carbocycles. The molecule has 1 aromatic heterocycles. The van der Waals surface area contributed by atoms with Gasteiger partial charge in [0, 0.05) is 31.2 Å². The fourth-order valence-electron chi connectivity index (χ4n) is 4.54. The summed E-state index contributed by atoms with van der Waals surface area (Å²) in [5, 5.41) is 11.0. The van der Waals surface area contributed by atoms with Gasteiger partial charge in [0.05, 0.1) is 6.10 Å². The average Bonchev–Trinajstić information content (AvgIpc) is 3.36. The maximum Gasteiger partial charge on any atom is 0.248 e. The number of nitrogens with one attached hydrogen (secondary N) is 2. The topological polar surface area (TPSA) is 93.8 Å². The predicted molar refractivity (Wildman–Crippen MR) is 122 cm³/mol. The molecule has 0 bridgehead atoms. The highest BCUT2D eigenvalue weighted by Crippen LogP contribution is 2.54. The summed E-state index contributed by atoms with van der Waals surface area (Å²) < 4.78 is 16.8. The lowest BCUT2D eigenvalue weighted by Gasteiger charge is -2.54. The van der Waals surface area contributed by atoms with E-state index in [0.717, 1.165) is 25.5 Å². The Morgan fingerprint density at radius 1 is 1.28 bits per heavy atom. The zero-order valence-corrected chi connectivity index (χ0v) is 20.4. The summed E-state index contributed by atoms with van der Waals surface area (Å²) in [7, 11) is 0. The van der Waals surface area contributed by atoms with E-state index in [-0.39, 0.29) is 35.5 Å². The molecule has 1 aromatic rings. The van der Waals surface area contributed by atoms with E-state index in [1.807, 2.05) is 13.8 Å². The summed E-state index contributed by atoms with van der Waals surface area (Å²) in [5.41, 5.74) is 0.261. The maximum atomic E-state index is 6.02. The number of ether oxygens (including phenoxy) is 2. The minimum atomic E-state index is -0.175. The molecule has 1 spiro atoms. The van der Waals surface area contributed by atoms with Crippen LogP contribution in [0.4, 0.5) is 0 Å². The van der Waals surface area contributed by atoms with Crippen molar-refractivity contribution in [2.75, 3.05) is 19.8 Å². The summed E-state index contributed by atoms with van der Waals surface area (Å²) in [6, 6.07) is 0.403. The van der Waals surface area contributed by atoms with Gasteiger partial charge in [-0.05, 0) is 47.0 Å². The summed E-state index contributed by atoms with van der Waals surface area (Å²) in [6.45, 7) is 10.6. The van der Waals surface area contributed by atoms with Crippen molar-refractivity contribution < 1.29 is 14.0 Å². The molecule has 0 saturated heterocycles. The number of halogens is 1. The zero-order chi connectivity index (χ0) is 20.0. The lowest BCUT2D eigenvalue weighted by Crippen LogP contribution is -2.65. The Bertz CT molecular complexity index is 648. The highest BCUT2D eigenvalue weighted by Gasteiger charge is 2.56. The third-order valence-electron chi connectivity index (χ3n) is 5.98. The molecule has 2 aliphatic carbocycles. The van der Waals surface area contributed by atoms with Crippen molar-refractivity contribution in [3.63, 3.8) is 0 Å². The van der Waals surface area contributed by atoms with Gasteiger partial charge in [-0.3, -0.25) is 0 Å². The molecule has 3 rings (SSSR count). The Morgan fingerprint density at radius 2 is 2.03 bits per heavy atom. The van der Waals surface area contributed by atoms with E-state index in [9.17, 15) is 0 Å². The number of aliphatic imine (C=N–C) groups is 1. The Kier molecular flexibility index (Phi) is 9.61. The number of hydrogen-bond donors (Lipinski definition) is 2. The smallest absolute Gasteiger partial charge is 0.248 e. The third-order valence-corrected chi connectivity index (χ3v) is 5.98. The maximum absolute atomic E-state index is 6.02. The van der Waals surface area contributed by atoms with Crippen LogP contribution in [-0.2, 0) is 16.0 Å². The molecule has 29 heavy (non-hydrogen) atoms. The van der Waals surface area contributed by atoms with Gasteiger partial charge in [-0.1, -0.05) is 18.0 Å². The molecule has 8 nitrogen and oxygen atoms in total. The second-order valence-corrected chi connectivity index (χ2v) is 7.66. The van der Waals surface area contributed by atoms with Crippen LogP contribution >= 0.6 is 24.0 Å². The molecule has 2 saturated carbocycles. The Labute approximate surface area is 191 Å². The summed E-state index contributed by atoms with van der Waals surface area (Å²) >= 11 is 0. The van der Waals surface area contributed by atoms with E-state index in [0.29, 0.717) is 37.0 Å². The van der Waals surface area contributed by atoms with Gasteiger partial charge < -0.3 is 24.6 Å². The van der Waals surface area contributed by atoms with Crippen LogP contribution in [0.3, 0.4) is 0 Å². The van der Waals surface area contributed by atoms with Crippen molar-refractivity contribution in [1.29, 1.82) is 0 Å². The first-order valence-electron chi connectivity index (χ1n) is 10.7. The first-order valence-corrected chi connectivity index (χ1v) is 10.7. The van der Waals surface area contributed by atoms with E-state index in [1.54, 1.807) is 0 Å². The second-order valence-electron chi connectivity index (χ2n) is 7.66. The van der Waals surface area contributed by atoms with Gasteiger partial charge in [0.1, 0.15) is 12.6 Å². The lowest BCUT2D eigenvalue weighted by atomic mass is 9.60. The van der Waals surface area contributed by atoms with Gasteiger partial charge >= 0.3 is 0 Å². The van der Waals surface area contributed by atoms with Gasteiger partial charge in [0.25, 0.3) is 0 Å². The fourth-order valence-corrected chi connectivity index (χ4v) is 4.54. The summed E-state index contributed by atoms with van der Waals surface area (Å²) in [4.78, 5) is 9.06. The van der Waals surface area contributed by atoms with Gasteiger partial charge in [0.2, 0.25) is 5.89 Å². The van der Waals surface area contributed by atoms with E-state index in [4.69, 9.17) is 14.0 Å². The van der Waals surface area contributed by atoms with Crippen molar-refractivity contribution in [1.82, 2.24) is 20.8 Å². The molecule has 2 aliphatic rings. The van der Waals surface area contributed by atoms with Gasteiger partial charge in [-0.25, -0.2) is 4.99 Å². The van der Waals surface area contributed by atoms with E-state index >= 15 is 0 Å². The molecule has 9 heteroatoms. The van der Waals surface area contributed by atoms with E-state index in [1.165, 1.54) is 25.7 Å². The lowest BCUT2D eigenvalue weighted by molar-refractivity contribution is -0.125. The zero-order valence-electron chi connectivity index (χ0n) is 18.1. The Hall–Kier alpha value is -0.940. The van der Waals surface area contributed by atoms with Crippen LogP contribution < -0.4 is 10.6 Å². The summed E-state index contributed by atoms with van der Waals surface area (Å²) in [5.74, 6) is 1.86. The molecule has 0 radical (unpaired) electrons. The minimum absolute atomic E-state index is 0. The molecule has 166 valence electrons. The van der Waals surface area contributed by atoms with E-state index < -0.39 is 0 Å². The monoisotopic (exact) mass is 521 g/mol. The van der Waals surface area contributed by atoms with Crippen LogP contribution in [0.25, 0.3) is 0 Å². The largest absolute Gasteiger partial charge is 0.378 e. The van der Waals surface area contributed by atoms with Crippen molar-refractivity contribution in [3.8, 4) is 0 Å². The normalized spacial score (nSPS) is 24.1. The van der Waals surface area contributed by atoms with Crippen molar-refractivity contribution >= 4 is 29.9 Å². The van der Waals surface area contributed by atoms with Crippen LogP contribution in [0.5, 0.6) is 0 Å². The van der Waals surface area contributed by atoms with Crippen LogP contribution in [0.1, 0.15) is 77.6 Å². The molecule has 3 atom stereocenters. The Morgan fingerprint density at radius 3 is 2.69 bits per heavy atom. The highest BCUT2D eigenvalue weighted by molar-refractivity contribution is 14.0. The Balaban J connectivity index is 0.00000300. The van der Waals surface area contributed by atoms with Gasteiger partial charge in [0.15, 0.2) is 11.8 Å². The SMILES string of the molecule is CCNC(=NCc1nc(C(C)OCC)no1)NC1CC(OCC)C12CCCC2.I. The second kappa shape index (κ2) is 11.5.